The van der Waals surface area contributed by atoms with Gasteiger partial charge in [0.1, 0.15) is 11.6 Å². The van der Waals surface area contributed by atoms with Crippen LogP contribution < -0.4 is 5.32 Å². The first kappa shape index (κ1) is 12.9. The molecule has 0 aliphatic heterocycles. The molecule has 1 heterocycles. The van der Waals surface area contributed by atoms with E-state index in [0.717, 1.165) is 43.4 Å². The molecule has 0 amide bonds. The normalized spacial score (nSPS) is 25.6. The predicted octanol–water partition coefficient (Wildman–Crippen LogP) is 3.69. The van der Waals surface area contributed by atoms with Crippen molar-refractivity contribution >= 4 is 5.82 Å². The second-order valence-electron chi connectivity index (χ2n) is 6.16. The molecule has 1 saturated carbocycles. The maximum absolute atomic E-state index is 4.90. The fourth-order valence-electron chi connectivity index (χ4n) is 3.03. The summed E-state index contributed by atoms with van der Waals surface area (Å²) in [7, 11) is 0. The van der Waals surface area contributed by atoms with Crippen LogP contribution in [-0.2, 0) is 12.8 Å². The highest BCUT2D eigenvalue weighted by Crippen LogP contribution is 2.46. The van der Waals surface area contributed by atoms with Crippen LogP contribution in [0.1, 0.15) is 69.0 Å². The SMILES string of the molecule is CCCNc1nc(C2CC2C)nc2c1CCCCC2. The van der Waals surface area contributed by atoms with Crippen molar-refractivity contribution in [2.75, 3.05) is 11.9 Å². The third kappa shape index (κ3) is 2.75. The van der Waals surface area contributed by atoms with Crippen molar-refractivity contribution in [2.45, 2.75) is 64.7 Å². The number of aromatic nitrogens is 2. The van der Waals surface area contributed by atoms with E-state index in [0.29, 0.717) is 5.92 Å². The number of aryl methyl sites for hydroxylation is 1. The molecule has 19 heavy (non-hydrogen) atoms. The summed E-state index contributed by atoms with van der Waals surface area (Å²) in [6.45, 7) is 5.53. The highest BCUT2D eigenvalue weighted by Gasteiger charge is 2.37. The first-order valence-corrected chi connectivity index (χ1v) is 7.93. The minimum Gasteiger partial charge on any atom is -0.370 e. The molecule has 2 atom stereocenters. The lowest BCUT2D eigenvalue weighted by atomic mass is 10.1. The molecule has 3 nitrogen and oxygen atoms in total. The highest BCUT2D eigenvalue weighted by atomic mass is 15.0. The molecule has 0 spiro atoms. The van der Waals surface area contributed by atoms with Crippen LogP contribution in [-0.4, -0.2) is 16.5 Å². The molecular formula is C16H25N3. The first-order valence-electron chi connectivity index (χ1n) is 7.93. The molecule has 1 fully saturated rings. The molecule has 1 aromatic rings. The quantitative estimate of drug-likeness (QED) is 0.838. The zero-order valence-corrected chi connectivity index (χ0v) is 12.2. The van der Waals surface area contributed by atoms with E-state index in [1.54, 1.807) is 0 Å². The number of fused-ring (bicyclic) bond motifs is 1. The van der Waals surface area contributed by atoms with E-state index >= 15 is 0 Å². The van der Waals surface area contributed by atoms with Gasteiger partial charge in [-0.2, -0.15) is 0 Å². The third-order valence-corrected chi connectivity index (χ3v) is 4.43. The van der Waals surface area contributed by atoms with E-state index in [4.69, 9.17) is 9.97 Å². The van der Waals surface area contributed by atoms with Gasteiger partial charge in [0.05, 0.1) is 0 Å². The zero-order valence-electron chi connectivity index (χ0n) is 12.2. The van der Waals surface area contributed by atoms with E-state index in [1.165, 1.54) is 36.9 Å². The molecular weight excluding hydrogens is 234 g/mol. The van der Waals surface area contributed by atoms with Crippen molar-refractivity contribution in [1.29, 1.82) is 0 Å². The number of hydrogen-bond donors (Lipinski definition) is 1. The Bertz CT molecular complexity index is 456. The van der Waals surface area contributed by atoms with Crippen LogP contribution in [0.15, 0.2) is 0 Å². The summed E-state index contributed by atoms with van der Waals surface area (Å²) in [5.74, 6) is 3.65. The molecule has 0 bridgehead atoms. The summed E-state index contributed by atoms with van der Waals surface area (Å²) in [4.78, 5) is 9.76. The number of anilines is 1. The summed E-state index contributed by atoms with van der Waals surface area (Å²) >= 11 is 0. The van der Waals surface area contributed by atoms with Crippen molar-refractivity contribution < 1.29 is 0 Å². The van der Waals surface area contributed by atoms with Crippen LogP contribution in [0.2, 0.25) is 0 Å². The standard InChI is InChI=1S/C16H25N3/c1-3-9-17-15-12-7-5-4-6-8-14(12)18-16(19-15)13-10-11(13)2/h11,13H,3-10H2,1-2H3,(H,17,18,19). The Hall–Kier alpha value is -1.12. The van der Waals surface area contributed by atoms with Gasteiger partial charge in [-0.25, -0.2) is 9.97 Å². The Morgan fingerprint density at radius 1 is 1.16 bits per heavy atom. The van der Waals surface area contributed by atoms with Crippen LogP contribution in [0.25, 0.3) is 0 Å². The lowest BCUT2D eigenvalue weighted by molar-refractivity contribution is 0.707. The van der Waals surface area contributed by atoms with Gasteiger partial charge in [0.25, 0.3) is 0 Å². The molecule has 1 aromatic heterocycles. The van der Waals surface area contributed by atoms with Crippen LogP contribution in [0.4, 0.5) is 5.82 Å². The maximum Gasteiger partial charge on any atom is 0.134 e. The van der Waals surface area contributed by atoms with Gasteiger partial charge in [-0.1, -0.05) is 20.3 Å². The van der Waals surface area contributed by atoms with Gasteiger partial charge < -0.3 is 5.32 Å². The van der Waals surface area contributed by atoms with E-state index in [2.05, 4.69) is 19.2 Å². The van der Waals surface area contributed by atoms with Crippen molar-refractivity contribution in [3.63, 3.8) is 0 Å². The van der Waals surface area contributed by atoms with Crippen LogP contribution in [0.5, 0.6) is 0 Å². The van der Waals surface area contributed by atoms with E-state index in [9.17, 15) is 0 Å². The van der Waals surface area contributed by atoms with E-state index in [-0.39, 0.29) is 0 Å². The predicted molar refractivity (Wildman–Crippen MR) is 78.6 cm³/mol. The zero-order chi connectivity index (χ0) is 13.2. The molecule has 1 N–H and O–H groups in total. The highest BCUT2D eigenvalue weighted by molar-refractivity contribution is 5.48. The minimum atomic E-state index is 0.621. The molecule has 0 radical (unpaired) electrons. The van der Waals surface area contributed by atoms with Crippen molar-refractivity contribution in [3.05, 3.63) is 17.1 Å². The molecule has 2 aliphatic rings. The Labute approximate surface area is 116 Å². The molecule has 104 valence electrons. The molecule has 2 aliphatic carbocycles. The Kier molecular flexibility index (Phi) is 3.72. The Morgan fingerprint density at radius 2 is 1.95 bits per heavy atom. The average molecular weight is 259 g/mol. The van der Waals surface area contributed by atoms with Gasteiger partial charge in [0, 0.05) is 23.7 Å². The van der Waals surface area contributed by atoms with Crippen LogP contribution in [0.3, 0.4) is 0 Å². The smallest absolute Gasteiger partial charge is 0.134 e. The van der Waals surface area contributed by atoms with Crippen molar-refractivity contribution in [3.8, 4) is 0 Å². The van der Waals surface area contributed by atoms with Crippen molar-refractivity contribution in [2.24, 2.45) is 5.92 Å². The topological polar surface area (TPSA) is 37.8 Å². The Morgan fingerprint density at radius 3 is 2.68 bits per heavy atom. The largest absolute Gasteiger partial charge is 0.370 e. The fourth-order valence-corrected chi connectivity index (χ4v) is 3.03. The monoisotopic (exact) mass is 259 g/mol. The van der Waals surface area contributed by atoms with Gasteiger partial charge in [-0.15, -0.1) is 0 Å². The van der Waals surface area contributed by atoms with Crippen LogP contribution in [0, 0.1) is 5.92 Å². The molecule has 3 rings (SSSR count). The minimum absolute atomic E-state index is 0.621. The van der Waals surface area contributed by atoms with Gasteiger partial charge in [0.2, 0.25) is 0 Å². The third-order valence-electron chi connectivity index (χ3n) is 4.43. The summed E-state index contributed by atoms with van der Waals surface area (Å²) in [6.07, 6.45) is 8.63. The Balaban J connectivity index is 1.94. The molecule has 0 saturated heterocycles. The number of nitrogens with one attached hydrogen (secondary N) is 1. The second-order valence-corrected chi connectivity index (χ2v) is 6.16. The number of hydrogen-bond acceptors (Lipinski definition) is 3. The van der Waals surface area contributed by atoms with Gasteiger partial charge >= 0.3 is 0 Å². The van der Waals surface area contributed by atoms with Gasteiger partial charge in [0.15, 0.2) is 0 Å². The molecule has 2 unspecified atom stereocenters. The summed E-state index contributed by atoms with van der Waals surface area (Å²) in [6, 6.07) is 0. The van der Waals surface area contributed by atoms with E-state index < -0.39 is 0 Å². The average Bonchev–Trinajstić information content (AvgIpc) is 3.17. The van der Waals surface area contributed by atoms with Gasteiger partial charge in [-0.05, 0) is 44.4 Å². The summed E-state index contributed by atoms with van der Waals surface area (Å²) in [5.41, 5.74) is 2.74. The maximum atomic E-state index is 4.90. The number of rotatable bonds is 4. The van der Waals surface area contributed by atoms with Crippen molar-refractivity contribution in [1.82, 2.24) is 9.97 Å². The summed E-state index contributed by atoms with van der Waals surface area (Å²) in [5, 5.41) is 3.54. The summed E-state index contributed by atoms with van der Waals surface area (Å²) < 4.78 is 0. The van der Waals surface area contributed by atoms with Gasteiger partial charge in [-0.3, -0.25) is 0 Å². The molecule has 3 heteroatoms. The number of nitrogens with zero attached hydrogens (tertiary/aromatic N) is 2. The van der Waals surface area contributed by atoms with Crippen LogP contribution >= 0.6 is 0 Å². The second kappa shape index (κ2) is 5.48. The fraction of sp³-hybridized carbons (Fsp3) is 0.750. The first-order chi connectivity index (χ1) is 9.29. The molecule has 0 aromatic carbocycles. The lowest BCUT2D eigenvalue weighted by Gasteiger charge is -2.14. The lowest BCUT2D eigenvalue weighted by Crippen LogP contribution is -2.11. The van der Waals surface area contributed by atoms with E-state index in [1.807, 2.05) is 0 Å².